The lowest BCUT2D eigenvalue weighted by Crippen LogP contribution is -2.45. The zero-order valence-electron chi connectivity index (χ0n) is 8.32. The second-order valence-electron chi connectivity index (χ2n) is 3.61. The molecule has 0 spiro atoms. The molecule has 0 saturated carbocycles. The fourth-order valence-electron chi connectivity index (χ4n) is 1.84. The molecule has 0 aromatic heterocycles. The third kappa shape index (κ3) is 2.30. The monoisotopic (exact) mass is 224 g/mol. The van der Waals surface area contributed by atoms with Gasteiger partial charge in [-0.3, -0.25) is 4.79 Å². The van der Waals surface area contributed by atoms with E-state index in [2.05, 4.69) is 5.32 Å². The molecule has 1 fully saturated rings. The first-order valence-corrected chi connectivity index (χ1v) is 5.36. The summed E-state index contributed by atoms with van der Waals surface area (Å²) in [5.41, 5.74) is 1.12. The lowest BCUT2D eigenvalue weighted by Gasteiger charge is -2.33. The summed E-state index contributed by atoms with van der Waals surface area (Å²) in [6.07, 6.45) is 0.917. The Balaban J connectivity index is 2.20. The molecule has 4 heteroatoms. The van der Waals surface area contributed by atoms with Gasteiger partial charge >= 0.3 is 0 Å². The van der Waals surface area contributed by atoms with Gasteiger partial charge in [0.2, 0.25) is 6.41 Å². The van der Waals surface area contributed by atoms with Crippen LogP contribution in [-0.4, -0.2) is 30.9 Å². The van der Waals surface area contributed by atoms with Crippen molar-refractivity contribution in [3.63, 3.8) is 0 Å². The highest BCUT2D eigenvalue weighted by Gasteiger charge is 2.21. The van der Waals surface area contributed by atoms with E-state index < -0.39 is 0 Å². The third-order valence-electron chi connectivity index (χ3n) is 2.67. The van der Waals surface area contributed by atoms with Gasteiger partial charge in [0, 0.05) is 24.7 Å². The van der Waals surface area contributed by atoms with Crippen LogP contribution in [0.3, 0.4) is 0 Å². The highest BCUT2D eigenvalue weighted by molar-refractivity contribution is 6.30. The Morgan fingerprint density at radius 1 is 1.40 bits per heavy atom. The zero-order chi connectivity index (χ0) is 10.7. The van der Waals surface area contributed by atoms with Gasteiger partial charge in [-0.15, -0.1) is 0 Å². The first-order chi connectivity index (χ1) is 7.31. The Bertz CT molecular complexity index is 339. The molecule has 1 unspecified atom stereocenters. The van der Waals surface area contributed by atoms with Crippen LogP contribution in [0.2, 0.25) is 5.02 Å². The van der Waals surface area contributed by atoms with Gasteiger partial charge in [-0.1, -0.05) is 23.7 Å². The summed E-state index contributed by atoms with van der Waals surface area (Å²) >= 11 is 5.82. The number of nitrogens with zero attached hydrogens (tertiary/aromatic N) is 1. The number of amides is 1. The number of carbonyl (C=O) groups is 1. The summed E-state index contributed by atoms with van der Waals surface area (Å²) in [6, 6.07) is 7.78. The van der Waals surface area contributed by atoms with Crippen LogP contribution in [0.25, 0.3) is 0 Å². The van der Waals surface area contributed by atoms with E-state index in [0.717, 1.165) is 36.6 Å². The van der Waals surface area contributed by atoms with E-state index >= 15 is 0 Å². The molecule has 1 aliphatic rings. The van der Waals surface area contributed by atoms with Gasteiger partial charge in [-0.25, -0.2) is 0 Å². The molecule has 15 heavy (non-hydrogen) atoms. The number of halogens is 1. The summed E-state index contributed by atoms with van der Waals surface area (Å²) in [5, 5.41) is 4.00. The summed E-state index contributed by atoms with van der Waals surface area (Å²) in [6.45, 7) is 2.43. The molecule has 1 aliphatic heterocycles. The van der Waals surface area contributed by atoms with Crippen LogP contribution in [0.1, 0.15) is 11.6 Å². The van der Waals surface area contributed by atoms with Crippen LogP contribution in [0.4, 0.5) is 0 Å². The van der Waals surface area contributed by atoms with Gasteiger partial charge in [0.15, 0.2) is 0 Å². The Morgan fingerprint density at radius 2 is 2.13 bits per heavy atom. The first-order valence-electron chi connectivity index (χ1n) is 4.98. The molecular weight excluding hydrogens is 212 g/mol. The van der Waals surface area contributed by atoms with Crippen molar-refractivity contribution < 1.29 is 4.79 Å². The van der Waals surface area contributed by atoms with Gasteiger partial charge < -0.3 is 10.2 Å². The maximum atomic E-state index is 10.9. The third-order valence-corrected chi connectivity index (χ3v) is 2.93. The lowest BCUT2D eigenvalue weighted by molar-refractivity contribution is -0.121. The molecule has 1 amide bonds. The Morgan fingerprint density at radius 3 is 2.80 bits per heavy atom. The average molecular weight is 225 g/mol. The molecule has 1 atom stereocenters. The standard InChI is InChI=1S/C11H13ClN2O/c12-10-3-1-9(2-4-10)11-7-13-5-6-14(11)8-15/h1-4,8,11,13H,5-7H2. The number of nitrogens with one attached hydrogen (secondary N) is 1. The Hall–Kier alpha value is -1.06. The van der Waals surface area contributed by atoms with E-state index in [1.54, 1.807) is 0 Å². The molecule has 0 aliphatic carbocycles. The molecule has 2 rings (SSSR count). The average Bonchev–Trinajstić information content (AvgIpc) is 2.30. The topological polar surface area (TPSA) is 32.3 Å². The van der Waals surface area contributed by atoms with E-state index in [9.17, 15) is 4.79 Å². The second-order valence-corrected chi connectivity index (χ2v) is 4.05. The number of hydrogen-bond donors (Lipinski definition) is 1. The smallest absolute Gasteiger partial charge is 0.210 e. The molecule has 1 aromatic rings. The molecule has 1 aromatic carbocycles. The second kappa shape index (κ2) is 4.64. The predicted octanol–water partition coefficient (Wildman–Crippen LogP) is 1.44. The SMILES string of the molecule is O=CN1CCNCC1c1ccc(Cl)cc1. The van der Waals surface area contributed by atoms with Crippen molar-refractivity contribution >= 4 is 18.0 Å². The Kier molecular flexibility index (Phi) is 3.23. The summed E-state index contributed by atoms with van der Waals surface area (Å²) in [7, 11) is 0. The van der Waals surface area contributed by atoms with Crippen molar-refractivity contribution in [3.05, 3.63) is 34.9 Å². The molecular formula is C11H13ClN2O. The van der Waals surface area contributed by atoms with Crippen molar-refractivity contribution in [2.45, 2.75) is 6.04 Å². The molecule has 0 bridgehead atoms. The highest BCUT2D eigenvalue weighted by atomic mass is 35.5. The number of benzene rings is 1. The predicted molar refractivity (Wildman–Crippen MR) is 59.8 cm³/mol. The molecule has 0 radical (unpaired) electrons. The highest BCUT2D eigenvalue weighted by Crippen LogP contribution is 2.22. The van der Waals surface area contributed by atoms with Crippen molar-refractivity contribution in [1.82, 2.24) is 10.2 Å². The quantitative estimate of drug-likeness (QED) is 0.772. The number of rotatable bonds is 2. The van der Waals surface area contributed by atoms with Crippen LogP contribution in [0.5, 0.6) is 0 Å². The summed E-state index contributed by atoms with van der Waals surface area (Å²) < 4.78 is 0. The minimum absolute atomic E-state index is 0.133. The van der Waals surface area contributed by atoms with Crippen LogP contribution >= 0.6 is 11.6 Å². The number of hydrogen-bond acceptors (Lipinski definition) is 2. The van der Waals surface area contributed by atoms with Crippen molar-refractivity contribution in [2.75, 3.05) is 19.6 Å². The van der Waals surface area contributed by atoms with Gasteiger partial charge in [-0.05, 0) is 17.7 Å². The number of piperazine rings is 1. The molecule has 80 valence electrons. The number of carbonyl (C=O) groups excluding carboxylic acids is 1. The van der Waals surface area contributed by atoms with Gasteiger partial charge in [-0.2, -0.15) is 0 Å². The lowest BCUT2D eigenvalue weighted by atomic mass is 10.0. The van der Waals surface area contributed by atoms with Gasteiger partial charge in [0.25, 0.3) is 0 Å². The van der Waals surface area contributed by atoms with Crippen LogP contribution in [0.15, 0.2) is 24.3 Å². The largest absolute Gasteiger partial charge is 0.336 e. The summed E-state index contributed by atoms with van der Waals surface area (Å²) in [5.74, 6) is 0. The van der Waals surface area contributed by atoms with E-state index in [-0.39, 0.29) is 6.04 Å². The van der Waals surface area contributed by atoms with Crippen molar-refractivity contribution in [1.29, 1.82) is 0 Å². The van der Waals surface area contributed by atoms with E-state index in [1.165, 1.54) is 0 Å². The fourth-order valence-corrected chi connectivity index (χ4v) is 1.97. The van der Waals surface area contributed by atoms with Gasteiger partial charge in [0.1, 0.15) is 0 Å². The van der Waals surface area contributed by atoms with E-state index in [4.69, 9.17) is 11.6 Å². The van der Waals surface area contributed by atoms with Crippen LogP contribution in [0, 0.1) is 0 Å². The van der Waals surface area contributed by atoms with Crippen LogP contribution in [-0.2, 0) is 4.79 Å². The minimum atomic E-state index is 0.133. The van der Waals surface area contributed by atoms with Crippen molar-refractivity contribution in [2.24, 2.45) is 0 Å². The van der Waals surface area contributed by atoms with E-state index in [0.29, 0.717) is 0 Å². The normalized spacial score (nSPS) is 21.4. The van der Waals surface area contributed by atoms with E-state index in [1.807, 2.05) is 29.2 Å². The van der Waals surface area contributed by atoms with Gasteiger partial charge in [0.05, 0.1) is 6.04 Å². The maximum absolute atomic E-state index is 10.9. The molecule has 1 N–H and O–H groups in total. The van der Waals surface area contributed by atoms with Crippen molar-refractivity contribution in [3.8, 4) is 0 Å². The molecule has 1 heterocycles. The zero-order valence-corrected chi connectivity index (χ0v) is 9.07. The maximum Gasteiger partial charge on any atom is 0.210 e. The first kappa shape index (κ1) is 10.5. The Labute approximate surface area is 94.0 Å². The minimum Gasteiger partial charge on any atom is -0.336 e. The fraction of sp³-hybridized carbons (Fsp3) is 0.364. The molecule has 3 nitrogen and oxygen atoms in total. The summed E-state index contributed by atoms with van der Waals surface area (Å²) in [4.78, 5) is 12.7. The molecule has 1 saturated heterocycles. The van der Waals surface area contributed by atoms with Crippen LogP contribution < -0.4 is 5.32 Å².